The second-order valence-corrected chi connectivity index (χ2v) is 5.06. The van der Waals surface area contributed by atoms with Gasteiger partial charge in [-0.05, 0) is 6.92 Å². The summed E-state index contributed by atoms with van der Waals surface area (Å²) in [5, 5.41) is 5.20. The number of ketones is 1. The summed E-state index contributed by atoms with van der Waals surface area (Å²) in [6.45, 7) is 11.1. The molecule has 0 aliphatic carbocycles. The Balaban J connectivity index is 0. The Morgan fingerprint density at radius 1 is 0.800 bits per heavy atom. The van der Waals surface area contributed by atoms with Gasteiger partial charge < -0.3 is 24.8 Å². The molecule has 0 fully saturated rings. The van der Waals surface area contributed by atoms with Gasteiger partial charge in [-0.2, -0.15) is 0 Å². The zero-order chi connectivity index (χ0) is 19.5. The molecule has 0 unspecified atom stereocenters. The van der Waals surface area contributed by atoms with Gasteiger partial charge in [0.1, 0.15) is 19.8 Å². The second-order valence-electron chi connectivity index (χ2n) is 5.06. The number of carbonyl (C=O) groups excluding carboxylic acids is 3. The average Bonchev–Trinajstić information content (AvgIpc) is 2.60. The zero-order valence-electron chi connectivity index (χ0n) is 16.2. The van der Waals surface area contributed by atoms with Crippen molar-refractivity contribution in [1.82, 2.24) is 10.6 Å². The van der Waals surface area contributed by atoms with Gasteiger partial charge >= 0.3 is 0 Å². The maximum absolute atomic E-state index is 11.4. The fourth-order valence-electron chi connectivity index (χ4n) is 1.33. The van der Waals surface area contributed by atoms with Crippen LogP contribution >= 0.6 is 0 Å². The SMILES string of the molecule is CC.CCOCC(=O)NCCOCC(=O)NCCOCC(=O)C(C)C. The van der Waals surface area contributed by atoms with Crippen LogP contribution in [-0.4, -0.2) is 70.3 Å². The Morgan fingerprint density at radius 3 is 1.68 bits per heavy atom. The summed E-state index contributed by atoms with van der Waals surface area (Å²) < 4.78 is 15.2. The number of nitrogens with one attached hydrogen (secondary N) is 2. The summed E-state index contributed by atoms with van der Waals surface area (Å²) in [6, 6.07) is 0. The van der Waals surface area contributed by atoms with Crippen molar-refractivity contribution < 1.29 is 28.6 Å². The number of ether oxygens (including phenoxy) is 3. The van der Waals surface area contributed by atoms with Gasteiger partial charge in [-0.15, -0.1) is 0 Å². The third kappa shape index (κ3) is 18.7. The van der Waals surface area contributed by atoms with Crippen LogP contribution in [0.2, 0.25) is 0 Å². The van der Waals surface area contributed by atoms with Crippen LogP contribution in [0.15, 0.2) is 0 Å². The molecule has 0 bridgehead atoms. The fraction of sp³-hybridized carbons (Fsp3) is 0.824. The van der Waals surface area contributed by atoms with E-state index in [-0.39, 0.29) is 56.5 Å². The lowest BCUT2D eigenvalue weighted by Gasteiger charge is -2.08. The van der Waals surface area contributed by atoms with Gasteiger partial charge in [-0.1, -0.05) is 27.7 Å². The molecular formula is C17H34N2O6. The molecule has 0 saturated heterocycles. The van der Waals surface area contributed by atoms with E-state index in [4.69, 9.17) is 14.2 Å². The molecule has 0 aliphatic rings. The molecule has 0 radical (unpaired) electrons. The Kier molecular flexibility index (Phi) is 19.4. The molecule has 8 nitrogen and oxygen atoms in total. The number of rotatable bonds is 14. The minimum Gasteiger partial charge on any atom is -0.372 e. The monoisotopic (exact) mass is 362 g/mol. The van der Waals surface area contributed by atoms with E-state index in [0.29, 0.717) is 19.7 Å². The van der Waals surface area contributed by atoms with Crippen LogP contribution in [0.1, 0.15) is 34.6 Å². The molecule has 0 atom stereocenters. The summed E-state index contributed by atoms with van der Waals surface area (Å²) in [5.74, 6) is -0.504. The number of amides is 2. The first kappa shape index (κ1) is 25.7. The standard InChI is InChI=1S/C15H28N2O6.C2H6/c1-4-21-10-14(19)16-6-8-23-11-15(20)17-5-7-22-9-13(18)12(2)3;1-2/h12H,4-11H2,1-3H3,(H,16,19)(H,17,20);1-2H3. The molecule has 0 aromatic rings. The Labute approximate surface area is 151 Å². The van der Waals surface area contributed by atoms with Crippen LogP contribution in [0.5, 0.6) is 0 Å². The first-order valence-electron chi connectivity index (χ1n) is 8.76. The molecule has 2 amide bonds. The smallest absolute Gasteiger partial charge is 0.246 e. The van der Waals surface area contributed by atoms with Crippen molar-refractivity contribution in [1.29, 1.82) is 0 Å². The van der Waals surface area contributed by atoms with Crippen molar-refractivity contribution in [3.05, 3.63) is 0 Å². The van der Waals surface area contributed by atoms with Crippen LogP contribution < -0.4 is 10.6 Å². The Hall–Kier alpha value is -1.51. The lowest BCUT2D eigenvalue weighted by molar-refractivity contribution is -0.127. The molecule has 0 aliphatic heterocycles. The zero-order valence-corrected chi connectivity index (χ0v) is 16.2. The summed E-state index contributed by atoms with van der Waals surface area (Å²) in [7, 11) is 0. The van der Waals surface area contributed by atoms with Gasteiger partial charge in [0, 0.05) is 25.6 Å². The van der Waals surface area contributed by atoms with Crippen molar-refractivity contribution in [3.8, 4) is 0 Å². The summed E-state index contributed by atoms with van der Waals surface area (Å²) in [6.07, 6.45) is 0. The molecule has 0 aromatic carbocycles. The van der Waals surface area contributed by atoms with Crippen LogP contribution in [0.25, 0.3) is 0 Å². The van der Waals surface area contributed by atoms with Gasteiger partial charge in [0.05, 0.1) is 13.2 Å². The van der Waals surface area contributed by atoms with Gasteiger partial charge in [0.25, 0.3) is 0 Å². The van der Waals surface area contributed by atoms with Gasteiger partial charge in [-0.25, -0.2) is 0 Å². The van der Waals surface area contributed by atoms with Crippen LogP contribution in [0.3, 0.4) is 0 Å². The first-order chi connectivity index (χ1) is 12.0. The van der Waals surface area contributed by atoms with Crippen LogP contribution in [0.4, 0.5) is 0 Å². The lowest BCUT2D eigenvalue weighted by atomic mass is 10.1. The topological polar surface area (TPSA) is 103 Å². The largest absolute Gasteiger partial charge is 0.372 e. The molecule has 0 aromatic heterocycles. The van der Waals surface area contributed by atoms with E-state index in [1.807, 2.05) is 34.6 Å². The number of carbonyl (C=O) groups is 3. The molecule has 0 heterocycles. The third-order valence-corrected chi connectivity index (χ3v) is 2.70. The quantitative estimate of drug-likeness (QED) is 0.437. The molecule has 0 spiro atoms. The predicted molar refractivity (Wildman–Crippen MR) is 95.3 cm³/mol. The molecule has 2 N–H and O–H groups in total. The van der Waals surface area contributed by atoms with Gasteiger partial charge in [0.2, 0.25) is 11.8 Å². The highest BCUT2D eigenvalue weighted by molar-refractivity contribution is 5.81. The van der Waals surface area contributed by atoms with E-state index < -0.39 is 0 Å². The molecule has 0 saturated carbocycles. The van der Waals surface area contributed by atoms with Crippen molar-refractivity contribution in [2.45, 2.75) is 34.6 Å². The average molecular weight is 362 g/mol. The maximum Gasteiger partial charge on any atom is 0.246 e. The van der Waals surface area contributed by atoms with E-state index in [2.05, 4.69) is 10.6 Å². The van der Waals surface area contributed by atoms with E-state index in [0.717, 1.165) is 0 Å². The van der Waals surface area contributed by atoms with Gasteiger partial charge in [-0.3, -0.25) is 14.4 Å². The Bertz CT molecular complexity index is 361. The predicted octanol–water partition coefficient (Wildman–Crippen LogP) is 0.540. The summed E-state index contributed by atoms with van der Waals surface area (Å²) >= 11 is 0. The number of hydrogen-bond donors (Lipinski definition) is 2. The van der Waals surface area contributed by atoms with E-state index in [1.54, 1.807) is 0 Å². The Morgan fingerprint density at radius 2 is 1.24 bits per heavy atom. The van der Waals surface area contributed by atoms with Crippen molar-refractivity contribution in [2.24, 2.45) is 5.92 Å². The molecule has 25 heavy (non-hydrogen) atoms. The number of Topliss-reactive ketones (excluding diaryl/α,β-unsaturated/α-hetero) is 1. The second kappa shape index (κ2) is 18.8. The number of hydrogen-bond acceptors (Lipinski definition) is 6. The van der Waals surface area contributed by atoms with E-state index >= 15 is 0 Å². The highest BCUT2D eigenvalue weighted by Gasteiger charge is 2.07. The summed E-state index contributed by atoms with van der Waals surface area (Å²) in [4.78, 5) is 33.9. The molecule has 8 heteroatoms. The highest BCUT2D eigenvalue weighted by Crippen LogP contribution is 1.93. The maximum atomic E-state index is 11.4. The van der Waals surface area contributed by atoms with Crippen LogP contribution in [-0.2, 0) is 28.6 Å². The van der Waals surface area contributed by atoms with Gasteiger partial charge in [0.15, 0.2) is 5.78 Å². The highest BCUT2D eigenvalue weighted by atomic mass is 16.5. The minimum absolute atomic E-state index is 0.0241. The fourth-order valence-corrected chi connectivity index (χ4v) is 1.33. The molecular weight excluding hydrogens is 328 g/mol. The lowest BCUT2D eigenvalue weighted by Crippen LogP contribution is -2.34. The van der Waals surface area contributed by atoms with Crippen molar-refractivity contribution in [2.75, 3.05) is 52.7 Å². The third-order valence-electron chi connectivity index (χ3n) is 2.70. The minimum atomic E-state index is -0.274. The first-order valence-corrected chi connectivity index (χ1v) is 8.76. The van der Waals surface area contributed by atoms with Crippen LogP contribution in [0, 0.1) is 5.92 Å². The van der Waals surface area contributed by atoms with Crippen molar-refractivity contribution in [3.63, 3.8) is 0 Å². The normalized spacial score (nSPS) is 10.0. The van der Waals surface area contributed by atoms with E-state index in [1.165, 1.54) is 0 Å². The molecule has 148 valence electrons. The van der Waals surface area contributed by atoms with E-state index in [9.17, 15) is 14.4 Å². The van der Waals surface area contributed by atoms with Crippen molar-refractivity contribution >= 4 is 17.6 Å². The molecule has 0 rings (SSSR count). The summed E-state index contributed by atoms with van der Waals surface area (Å²) in [5.41, 5.74) is 0.